The number of benzene rings is 1. The van der Waals surface area contributed by atoms with Crippen LogP contribution in [-0.4, -0.2) is 21.9 Å². The van der Waals surface area contributed by atoms with E-state index in [0.717, 1.165) is 42.1 Å². The van der Waals surface area contributed by atoms with Crippen LogP contribution in [0.15, 0.2) is 18.3 Å². The van der Waals surface area contributed by atoms with Gasteiger partial charge in [-0.2, -0.15) is 4.98 Å². The van der Waals surface area contributed by atoms with Crippen molar-refractivity contribution in [3.8, 4) is 11.8 Å². The molecule has 0 aliphatic rings. The first-order chi connectivity index (χ1) is 17.5. The Balaban J connectivity index is 1.97. The molecule has 0 aliphatic heterocycles. The summed E-state index contributed by atoms with van der Waals surface area (Å²) < 4.78 is 24.3. The molecule has 0 fully saturated rings. The van der Waals surface area contributed by atoms with Crippen molar-refractivity contribution < 1.29 is 23.5 Å². The zero-order chi connectivity index (χ0) is 27.4. The lowest BCUT2D eigenvalue weighted by atomic mass is 9.78. The number of nitrogen functional groups attached to an aromatic ring is 1. The van der Waals surface area contributed by atoms with Gasteiger partial charge < -0.3 is 15.2 Å². The van der Waals surface area contributed by atoms with E-state index in [1.165, 1.54) is 38.5 Å². The lowest BCUT2D eigenvalue weighted by Gasteiger charge is -2.28. The highest BCUT2D eigenvalue weighted by molar-refractivity contribution is 5.75. The van der Waals surface area contributed by atoms with Crippen molar-refractivity contribution in [1.29, 1.82) is 0 Å². The average Bonchev–Trinajstić information content (AvgIpc) is 2.79. The maximum atomic E-state index is 13.3. The minimum Gasteiger partial charge on any atom is -0.426 e. The highest BCUT2D eigenvalue weighted by Crippen LogP contribution is 2.38. The van der Waals surface area contributed by atoms with Gasteiger partial charge in [-0.25, -0.2) is 9.37 Å². The maximum Gasteiger partial charge on any atom is 0.326 e. The number of ether oxygens (including phenoxy) is 2. The van der Waals surface area contributed by atoms with Gasteiger partial charge in [0.05, 0.1) is 12.6 Å². The molecule has 0 unspecified atom stereocenters. The lowest BCUT2D eigenvalue weighted by Crippen LogP contribution is -2.27. The van der Waals surface area contributed by atoms with Gasteiger partial charge in [-0.3, -0.25) is 9.59 Å². The number of hydrogen-bond donors (Lipinski definition) is 1. The molecule has 204 valence electrons. The Morgan fingerprint density at radius 3 is 2.19 bits per heavy atom. The second kappa shape index (κ2) is 14.6. The normalized spacial score (nSPS) is 11.4. The van der Waals surface area contributed by atoms with Crippen LogP contribution in [0.1, 0.15) is 108 Å². The molecule has 0 aliphatic carbocycles. The number of carbonyl (C=O) groups is 2. The summed E-state index contributed by atoms with van der Waals surface area (Å²) in [5, 5.41) is 0. The Labute approximate surface area is 220 Å². The van der Waals surface area contributed by atoms with E-state index in [1.54, 1.807) is 0 Å². The van der Waals surface area contributed by atoms with Crippen molar-refractivity contribution in [3.63, 3.8) is 0 Å². The monoisotopic (exact) mass is 515 g/mol. The van der Waals surface area contributed by atoms with Gasteiger partial charge in [0.15, 0.2) is 11.6 Å². The van der Waals surface area contributed by atoms with Crippen LogP contribution in [0.3, 0.4) is 0 Å². The summed E-state index contributed by atoms with van der Waals surface area (Å²) in [6.45, 7) is 9.84. The Bertz CT molecular complexity index is 1060. The first kappa shape index (κ1) is 30.2. The molecule has 2 aromatic rings. The topological polar surface area (TPSA) is 104 Å². The van der Waals surface area contributed by atoms with Gasteiger partial charge in [0.1, 0.15) is 5.75 Å². The molecule has 0 atom stereocenters. The number of aryl methyl sites for hydroxylation is 2. The minimum absolute atomic E-state index is 0.0413. The van der Waals surface area contributed by atoms with Crippen LogP contribution in [0.25, 0.3) is 0 Å². The first-order valence-electron chi connectivity index (χ1n) is 13.3. The summed E-state index contributed by atoms with van der Waals surface area (Å²) in [6, 6.07) is 3.50. The fourth-order valence-corrected chi connectivity index (χ4v) is 4.63. The number of esters is 2. The fraction of sp³-hybridized carbons (Fsp3) is 0.586. The second-order valence-corrected chi connectivity index (χ2v) is 10.4. The molecule has 0 spiro atoms. The molecule has 37 heavy (non-hydrogen) atoms. The van der Waals surface area contributed by atoms with Crippen molar-refractivity contribution in [1.82, 2.24) is 9.97 Å². The summed E-state index contributed by atoms with van der Waals surface area (Å²) in [4.78, 5) is 32.6. The molecular weight excluding hydrogens is 473 g/mol. The zero-order valence-electron chi connectivity index (χ0n) is 23.0. The van der Waals surface area contributed by atoms with E-state index >= 15 is 0 Å². The fourth-order valence-electron chi connectivity index (χ4n) is 4.63. The third-order valence-corrected chi connectivity index (χ3v) is 6.37. The Morgan fingerprint density at radius 1 is 0.946 bits per heavy atom. The van der Waals surface area contributed by atoms with Gasteiger partial charge >= 0.3 is 17.9 Å². The third kappa shape index (κ3) is 10.1. The number of unbranched alkanes of at least 4 members (excludes halogenated alkanes) is 8. The summed E-state index contributed by atoms with van der Waals surface area (Å²) in [6.07, 6.45) is 11.7. The largest absolute Gasteiger partial charge is 0.426 e. The van der Waals surface area contributed by atoms with E-state index in [0.29, 0.717) is 12.2 Å². The van der Waals surface area contributed by atoms with Crippen LogP contribution >= 0.6 is 0 Å². The number of anilines is 1. The van der Waals surface area contributed by atoms with Crippen molar-refractivity contribution in [2.24, 2.45) is 0 Å². The van der Waals surface area contributed by atoms with Crippen LogP contribution in [0, 0.1) is 19.7 Å². The van der Waals surface area contributed by atoms with Crippen molar-refractivity contribution in [3.05, 3.63) is 40.8 Å². The number of carbonyl (C=O) groups excluding carboxylic acids is 2. The summed E-state index contributed by atoms with van der Waals surface area (Å²) >= 11 is 0. The summed E-state index contributed by atoms with van der Waals surface area (Å²) in [7, 11) is 0. The number of aromatic nitrogens is 2. The molecule has 0 amide bonds. The molecule has 7 nitrogen and oxygen atoms in total. The predicted octanol–water partition coefficient (Wildman–Crippen LogP) is 6.91. The van der Waals surface area contributed by atoms with Crippen LogP contribution < -0.4 is 15.2 Å². The quantitative estimate of drug-likeness (QED) is 0.156. The standard InChI is InChI=1S/C29H42FN3O4/c1-6-7-8-9-10-11-12-13-14-15-24(34)36-23-17-20(2)16-21(3)26(23)29(4,5)18-25(35)37-28-32-19-22(30)27(31)33-28/h16-17,19H,6-15,18H2,1-5H3,(H2,31,32,33). The summed E-state index contributed by atoms with van der Waals surface area (Å²) in [5.74, 6) is -1.61. The molecule has 1 heterocycles. The molecule has 2 N–H and O–H groups in total. The zero-order valence-corrected chi connectivity index (χ0v) is 23.0. The van der Waals surface area contributed by atoms with E-state index in [9.17, 15) is 14.0 Å². The lowest BCUT2D eigenvalue weighted by molar-refractivity contribution is -0.136. The van der Waals surface area contributed by atoms with Gasteiger partial charge in [-0.15, -0.1) is 0 Å². The second-order valence-electron chi connectivity index (χ2n) is 10.4. The van der Waals surface area contributed by atoms with Gasteiger partial charge in [-0.05, 0) is 37.5 Å². The van der Waals surface area contributed by atoms with E-state index in [4.69, 9.17) is 15.2 Å². The van der Waals surface area contributed by atoms with Gasteiger partial charge in [0, 0.05) is 17.4 Å². The van der Waals surface area contributed by atoms with Gasteiger partial charge in [0.2, 0.25) is 0 Å². The van der Waals surface area contributed by atoms with E-state index in [-0.39, 0.29) is 18.4 Å². The Hall–Kier alpha value is -3.03. The SMILES string of the molecule is CCCCCCCCCCCC(=O)Oc1cc(C)cc(C)c1C(C)(C)CC(=O)Oc1ncc(F)c(N)n1. The van der Waals surface area contributed by atoms with Crippen LogP contribution in [0.2, 0.25) is 0 Å². The van der Waals surface area contributed by atoms with Crippen molar-refractivity contribution in [2.75, 3.05) is 5.73 Å². The van der Waals surface area contributed by atoms with E-state index < -0.39 is 23.0 Å². The molecule has 0 radical (unpaired) electrons. The molecule has 8 heteroatoms. The van der Waals surface area contributed by atoms with E-state index in [2.05, 4.69) is 16.9 Å². The molecule has 1 aromatic carbocycles. The number of nitrogens with two attached hydrogens (primary N) is 1. The van der Waals surface area contributed by atoms with Gasteiger partial charge in [-0.1, -0.05) is 78.2 Å². The van der Waals surface area contributed by atoms with Crippen LogP contribution in [0.4, 0.5) is 10.2 Å². The highest BCUT2D eigenvalue weighted by atomic mass is 19.1. The Morgan fingerprint density at radius 2 is 1.57 bits per heavy atom. The number of nitrogens with zero attached hydrogens (tertiary/aromatic N) is 2. The molecule has 0 saturated heterocycles. The van der Waals surface area contributed by atoms with Crippen LogP contribution in [-0.2, 0) is 15.0 Å². The first-order valence-corrected chi connectivity index (χ1v) is 13.3. The van der Waals surface area contributed by atoms with E-state index in [1.807, 2.05) is 39.8 Å². The predicted molar refractivity (Wildman–Crippen MR) is 143 cm³/mol. The number of halogens is 1. The molecule has 0 saturated carbocycles. The molecular formula is C29H42FN3O4. The average molecular weight is 516 g/mol. The smallest absolute Gasteiger partial charge is 0.326 e. The summed E-state index contributed by atoms with van der Waals surface area (Å²) in [5.41, 5.74) is 7.33. The highest BCUT2D eigenvalue weighted by Gasteiger charge is 2.31. The third-order valence-electron chi connectivity index (χ3n) is 6.37. The number of rotatable bonds is 15. The van der Waals surface area contributed by atoms with Crippen molar-refractivity contribution in [2.45, 2.75) is 111 Å². The molecule has 0 bridgehead atoms. The van der Waals surface area contributed by atoms with Gasteiger partial charge in [0.25, 0.3) is 0 Å². The minimum atomic E-state index is -0.788. The van der Waals surface area contributed by atoms with Crippen LogP contribution in [0.5, 0.6) is 11.8 Å². The molecule has 2 rings (SSSR count). The maximum absolute atomic E-state index is 13.3. The Kier molecular flexibility index (Phi) is 12.0. The van der Waals surface area contributed by atoms with Crippen molar-refractivity contribution >= 4 is 17.8 Å². The molecule has 1 aromatic heterocycles. The number of hydrogen-bond acceptors (Lipinski definition) is 7.